The zero-order valence-corrected chi connectivity index (χ0v) is 14.0. The Bertz CT molecular complexity index is 511. The molecule has 1 aliphatic rings. The molecule has 0 aromatic carbocycles. The molecule has 2 rings (SSSR count). The van der Waals surface area contributed by atoms with Gasteiger partial charge in [0.1, 0.15) is 0 Å². The van der Waals surface area contributed by atoms with Crippen LogP contribution < -0.4 is 5.32 Å². The molecule has 1 aliphatic carbocycles. The highest BCUT2D eigenvalue weighted by Crippen LogP contribution is 2.43. The van der Waals surface area contributed by atoms with Crippen molar-refractivity contribution in [3.63, 3.8) is 0 Å². The minimum atomic E-state index is -0.798. The van der Waals surface area contributed by atoms with Crippen molar-refractivity contribution >= 4 is 55.1 Å². The lowest BCUT2D eigenvalue weighted by Crippen LogP contribution is -2.43. The second kappa shape index (κ2) is 5.93. The molecule has 1 fully saturated rings. The minimum absolute atomic E-state index is 0.127. The standard InChI is InChI=1S/C12H13Br2NO3S/c13-8-4-7(10(14)19-8)11(18)15-6-12(2-1-3-12)5-9(16)17/h4H,1-3,5-6H2,(H,15,18)(H,16,17). The van der Waals surface area contributed by atoms with E-state index in [1.165, 1.54) is 11.3 Å². The van der Waals surface area contributed by atoms with E-state index >= 15 is 0 Å². The van der Waals surface area contributed by atoms with Crippen molar-refractivity contribution in [3.8, 4) is 0 Å². The molecule has 19 heavy (non-hydrogen) atoms. The number of hydrogen-bond donors (Lipinski definition) is 2. The number of amides is 1. The van der Waals surface area contributed by atoms with Crippen molar-refractivity contribution in [1.82, 2.24) is 5.32 Å². The molecule has 1 saturated carbocycles. The van der Waals surface area contributed by atoms with Crippen LogP contribution in [-0.4, -0.2) is 23.5 Å². The summed E-state index contributed by atoms with van der Waals surface area (Å²) in [6.07, 6.45) is 2.90. The Morgan fingerprint density at radius 2 is 2.11 bits per heavy atom. The monoisotopic (exact) mass is 409 g/mol. The van der Waals surface area contributed by atoms with E-state index in [0.717, 1.165) is 26.8 Å². The predicted octanol–water partition coefficient (Wildman–Crippen LogP) is 3.65. The highest BCUT2D eigenvalue weighted by Gasteiger charge is 2.39. The first-order chi connectivity index (χ1) is 8.92. The summed E-state index contributed by atoms with van der Waals surface area (Å²) in [6, 6.07) is 1.76. The van der Waals surface area contributed by atoms with Gasteiger partial charge in [-0.3, -0.25) is 9.59 Å². The van der Waals surface area contributed by atoms with Gasteiger partial charge in [0.2, 0.25) is 0 Å². The van der Waals surface area contributed by atoms with Crippen molar-refractivity contribution < 1.29 is 14.7 Å². The number of rotatable bonds is 5. The summed E-state index contributed by atoms with van der Waals surface area (Å²) in [7, 11) is 0. The lowest BCUT2D eigenvalue weighted by atomic mass is 9.66. The third-order valence-electron chi connectivity index (χ3n) is 3.47. The van der Waals surface area contributed by atoms with E-state index < -0.39 is 5.97 Å². The molecule has 0 radical (unpaired) electrons. The number of thiophene rings is 1. The van der Waals surface area contributed by atoms with Crippen molar-refractivity contribution in [2.45, 2.75) is 25.7 Å². The number of nitrogens with one attached hydrogen (secondary N) is 1. The van der Waals surface area contributed by atoms with Crippen molar-refractivity contribution in [2.75, 3.05) is 6.54 Å². The van der Waals surface area contributed by atoms with Gasteiger partial charge in [0.25, 0.3) is 5.91 Å². The van der Waals surface area contributed by atoms with Gasteiger partial charge in [0.15, 0.2) is 0 Å². The number of hydrogen-bond acceptors (Lipinski definition) is 3. The molecular formula is C12H13Br2NO3S. The van der Waals surface area contributed by atoms with E-state index in [0.29, 0.717) is 12.1 Å². The Hall–Kier alpha value is -0.400. The fourth-order valence-electron chi connectivity index (χ4n) is 2.27. The molecule has 0 bridgehead atoms. The smallest absolute Gasteiger partial charge is 0.303 e. The molecule has 0 saturated heterocycles. The molecule has 104 valence electrons. The van der Waals surface area contributed by atoms with E-state index in [1.54, 1.807) is 6.07 Å². The number of carboxylic acid groups (broad SMARTS) is 1. The van der Waals surface area contributed by atoms with Crippen LogP contribution in [0.1, 0.15) is 36.0 Å². The molecule has 1 aromatic rings. The highest BCUT2D eigenvalue weighted by molar-refractivity contribution is 9.12. The molecule has 1 amide bonds. The van der Waals surface area contributed by atoms with E-state index in [1.807, 2.05) is 0 Å². The van der Waals surface area contributed by atoms with Gasteiger partial charge in [-0.05, 0) is 56.2 Å². The van der Waals surface area contributed by atoms with Crippen molar-refractivity contribution in [2.24, 2.45) is 5.41 Å². The summed E-state index contributed by atoms with van der Waals surface area (Å²) in [6.45, 7) is 0.429. The van der Waals surface area contributed by atoms with Crippen LogP contribution in [-0.2, 0) is 4.79 Å². The second-order valence-corrected chi connectivity index (χ2v) is 8.59. The first kappa shape index (κ1) is 15.0. The molecule has 2 N–H and O–H groups in total. The number of carbonyl (C=O) groups excluding carboxylic acids is 1. The zero-order valence-electron chi connectivity index (χ0n) is 10.0. The normalized spacial score (nSPS) is 16.7. The summed E-state index contributed by atoms with van der Waals surface area (Å²) in [5.74, 6) is -0.959. The molecule has 0 unspecified atom stereocenters. The van der Waals surface area contributed by atoms with Crippen LogP contribution in [0.2, 0.25) is 0 Å². The van der Waals surface area contributed by atoms with E-state index in [4.69, 9.17) is 5.11 Å². The van der Waals surface area contributed by atoms with E-state index in [-0.39, 0.29) is 17.7 Å². The molecule has 0 atom stereocenters. The fraction of sp³-hybridized carbons (Fsp3) is 0.500. The van der Waals surface area contributed by atoms with Crippen LogP contribution in [0, 0.1) is 5.41 Å². The van der Waals surface area contributed by atoms with Gasteiger partial charge in [-0.25, -0.2) is 0 Å². The molecule has 4 nitrogen and oxygen atoms in total. The van der Waals surface area contributed by atoms with E-state index in [9.17, 15) is 9.59 Å². The maximum Gasteiger partial charge on any atom is 0.303 e. The zero-order chi connectivity index (χ0) is 14.0. The summed E-state index contributed by atoms with van der Waals surface area (Å²) in [5, 5.41) is 11.8. The molecule has 0 spiro atoms. The van der Waals surface area contributed by atoms with Gasteiger partial charge in [-0.1, -0.05) is 6.42 Å². The SMILES string of the molecule is O=C(O)CC1(CNC(=O)c2cc(Br)sc2Br)CCC1. The highest BCUT2D eigenvalue weighted by atomic mass is 79.9. The number of carbonyl (C=O) groups is 2. The van der Waals surface area contributed by atoms with E-state index in [2.05, 4.69) is 37.2 Å². The summed E-state index contributed by atoms with van der Waals surface area (Å²) >= 11 is 8.11. The maximum absolute atomic E-state index is 12.0. The summed E-state index contributed by atoms with van der Waals surface area (Å²) < 4.78 is 1.66. The minimum Gasteiger partial charge on any atom is -0.481 e. The lowest BCUT2D eigenvalue weighted by molar-refractivity contribution is -0.141. The van der Waals surface area contributed by atoms with Crippen LogP contribution in [0.3, 0.4) is 0 Å². The largest absolute Gasteiger partial charge is 0.481 e. The van der Waals surface area contributed by atoms with Gasteiger partial charge < -0.3 is 10.4 Å². The van der Waals surface area contributed by atoms with Crippen molar-refractivity contribution in [1.29, 1.82) is 0 Å². The Kier molecular flexibility index (Phi) is 4.68. The third-order valence-corrected chi connectivity index (χ3v) is 5.80. The quantitative estimate of drug-likeness (QED) is 0.778. The van der Waals surface area contributed by atoms with Crippen LogP contribution in [0.15, 0.2) is 13.6 Å². The molecular weight excluding hydrogens is 398 g/mol. The fourth-order valence-corrected chi connectivity index (χ4v) is 5.07. The first-order valence-electron chi connectivity index (χ1n) is 5.87. The summed E-state index contributed by atoms with van der Waals surface area (Å²) in [4.78, 5) is 22.9. The molecule has 1 heterocycles. The molecule has 0 aliphatic heterocycles. The van der Waals surface area contributed by atoms with Gasteiger partial charge in [-0.15, -0.1) is 11.3 Å². The van der Waals surface area contributed by atoms with Gasteiger partial charge in [0.05, 0.1) is 19.6 Å². The molecule has 1 aromatic heterocycles. The predicted molar refractivity (Wildman–Crippen MR) is 80.6 cm³/mol. The Labute approximate surface area is 131 Å². The lowest BCUT2D eigenvalue weighted by Gasteiger charge is -2.40. The maximum atomic E-state index is 12.0. The van der Waals surface area contributed by atoms with Crippen LogP contribution in [0.25, 0.3) is 0 Å². The number of aliphatic carboxylic acids is 1. The average molecular weight is 411 g/mol. The Morgan fingerprint density at radius 1 is 1.42 bits per heavy atom. The first-order valence-corrected chi connectivity index (χ1v) is 8.27. The van der Waals surface area contributed by atoms with Gasteiger partial charge in [-0.2, -0.15) is 0 Å². The Balaban J connectivity index is 1.96. The summed E-state index contributed by atoms with van der Waals surface area (Å²) in [5.41, 5.74) is 0.336. The molecule has 7 heteroatoms. The van der Waals surface area contributed by atoms with Crippen LogP contribution >= 0.6 is 43.2 Å². The van der Waals surface area contributed by atoms with Crippen LogP contribution in [0.5, 0.6) is 0 Å². The topological polar surface area (TPSA) is 66.4 Å². The Morgan fingerprint density at radius 3 is 2.53 bits per heavy atom. The van der Waals surface area contributed by atoms with Gasteiger partial charge in [0, 0.05) is 6.54 Å². The number of halogens is 2. The number of carboxylic acids is 1. The van der Waals surface area contributed by atoms with Crippen LogP contribution in [0.4, 0.5) is 0 Å². The van der Waals surface area contributed by atoms with Gasteiger partial charge >= 0.3 is 5.97 Å². The second-order valence-electron chi connectivity index (χ2n) is 4.84. The third kappa shape index (κ3) is 3.58. The average Bonchev–Trinajstić information content (AvgIpc) is 2.60. The van der Waals surface area contributed by atoms with Crippen molar-refractivity contribution in [3.05, 3.63) is 19.2 Å².